The molecule has 0 fully saturated rings. The van der Waals surface area contributed by atoms with Crippen molar-refractivity contribution in [3.63, 3.8) is 0 Å². The highest BCUT2D eigenvalue weighted by atomic mass is 79.9. The van der Waals surface area contributed by atoms with Crippen LogP contribution in [0.4, 0.5) is 5.69 Å². The van der Waals surface area contributed by atoms with Crippen molar-refractivity contribution in [2.45, 2.75) is 26.7 Å². The van der Waals surface area contributed by atoms with Crippen LogP contribution in [0.5, 0.6) is 5.75 Å². The number of alkyl halides is 1. The van der Waals surface area contributed by atoms with E-state index < -0.39 is 0 Å². The number of anilines is 1. The Labute approximate surface area is 119 Å². The van der Waals surface area contributed by atoms with Crippen molar-refractivity contribution in [3.8, 4) is 5.75 Å². The van der Waals surface area contributed by atoms with Crippen LogP contribution in [0.2, 0.25) is 0 Å². The van der Waals surface area contributed by atoms with E-state index in [9.17, 15) is 0 Å². The minimum atomic E-state index is 0.356. The third kappa shape index (κ3) is 3.64. The Bertz CT molecular complexity index is 338. The third-order valence-electron chi connectivity index (χ3n) is 3.87. The Morgan fingerprint density at radius 3 is 2.11 bits per heavy atom. The second-order valence-electron chi connectivity index (χ2n) is 4.89. The summed E-state index contributed by atoms with van der Waals surface area (Å²) in [7, 11) is 3.85. The van der Waals surface area contributed by atoms with Crippen LogP contribution in [0.1, 0.15) is 26.7 Å². The van der Waals surface area contributed by atoms with E-state index in [0.29, 0.717) is 5.41 Å². The van der Waals surface area contributed by atoms with Crippen molar-refractivity contribution >= 4 is 21.6 Å². The van der Waals surface area contributed by atoms with Gasteiger partial charge in [0.05, 0.1) is 7.11 Å². The first kappa shape index (κ1) is 15.4. The zero-order chi connectivity index (χ0) is 13.6. The third-order valence-corrected chi connectivity index (χ3v) is 5.06. The van der Waals surface area contributed by atoms with Crippen LogP contribution < -0.4 is 9.64 Å². The first-order valence-corrected chi connectivity index (χ1v) is 7.64. The van der Waals surface area contributed by atoms with Gasteiger partial charge in [-0.15, -0.1) is 0 Å². The normalized spacial score (nSPS) is 11.4. The van der Waals surface area contributed by atoms with Gasteiger partial charge >= 0.3 is 0 Å². The maximum absolute atomic E-state index is 5.19. The predicted octanol–water partition coefficient (Wildman–Crippen LogP) is 4.33. The molecule has 0 bridgehead atoms. The van der Waals surface area contributed by atoms with Crippen LogP contribution in [-0.4, -0.2) is 26.0 Å². The molecule has 0 aliphatic heterocycles. The van der Waals surface area contributed by atoms with E-state index in [4.69, 9.17) is 4.74 Å². The van der Waals surface area contributed by atoms with Crippen molar-refractivity contribution < 1.29 is 4.74 Å². The molecule has 2 nitrogen and oxygen atoms in total. The Morgan fingerprint density at radius 1 is 1.17 bits per heavy atom. The van der Waals surface area contributed by atoms with Crippen LogP contribution >= 0.6 is 15.9 Å². The molecule has 0 aliphatic carbocycles. The first-order chi connectivity index (χ1) is 8.60. The summed E-state index contributed by atoms with van der Waals surface area (Å²) in [6, 6.07) is 8.26. The summed E-state index contributed by atoms with van der Waals surface area (Å²) in [5.41, 5.74) is 1.59. The lowest BCUT2D eigenvalue weighted by molar-refractivity contribution is 0.316. The molecule has 0 aliphatic rings. The number of halogens is 1. The smallest absolute Gasteiger partial charge is 0.119 e. The minimum absolute atomic E-state index is 0.356. The zero-order valence-corrected chi connectivity index (χ0v) is 13.5. The lowest BCUT2D eigenvalue weighted by Crippen LogP contribution is -2.36. The van der Waals surface area contributed by atoms with E-state index in [2.05, 4.69) is 53.9 Å². The number of methoxy groups -OCH3 is 1. The molecule has 0 N–H and O–H groups in total. The average Bonchev–Trinajstić information content (AvgIpc) is 2.45. The van der Waals surface area contributed by atoms with E-state index in [1.54, 1.807) is 7.11 Å². The van der Waals surface area contributed by atoms with Gasteiger partial charge in [-0.25, -0.2) is 0 Å². The van der Waals surface area contributed by atoms with Gasteiger partial charge in [0.2, 0.25) is 0 Å². The van der Waals surface area contributed by atoms with Gasteiger partial charge < -0.3 is 9.64 Å². The summed E-state index contributed by atoms with van der Waals surface area (Å²) in [6.07, 6.45) is 2.38. The van der Waals surface area contributed by atoms with E-state index in [-0.39, 0.29) is 0 Å². The maximum Gasteiger partial charge on any atom is 0.119 e. The molecular formula is C15H24BrNO. The monoisotopic (exact) mass is 313 g/mol. The number of hydrogen-bond acceptors (Lipinski definition) is 2. The van der Waals surface area contributed by atoms with Crippen molar-refractivity contribution in [1.29, 1.82) is 0 Å². The largest absolute Gasteiger partial charge is 0.497 e. The van der Waals surface area contributed by atoms with Crippen molar-refractivity contribution in [2.75, 3.05) is 30.9 Å². The van der Waals surface area contributed by atoms with Crippen molar-refractivity contribution in [1.82, 2.24) is 0 Å². The van der Waals surface area contributed by atoms with E-state index in [1.165, 1.54) is 18.5 Å². The van der Waals surface area contributed by atoms with E-state index >= 15 is 0 Å². The molecule has 0 saturated carbocycles. The number of benzene rings is 1. The van der Waals surface area contributed by atoms with Crippen molar-refractivity contribution in [3.05, 3.63) is 24.3 Å². The van der Waals surface area contributed by atoms with Crippen LogP contribution in [0.3, 0.4) is 0 Å². The molecule has 0 radical (unpaired) electrons. The number of rotatable bonds is 7. The maximum atomic E-state index is 5.19. The Morgan fingerprint density at radius 2 is 1.72 bits per heavy atom. The summed E-state index contributed by atoms with van der Waals surface area (Å²) in [4.78, 5) is 2.33. The standard InChI is InChI=1S/C15H24BrNO/c1-5-15(6-2,11-16)12-17(3)13-7-9-14(18-4)10-8-13/h7-10H,5-6,11-12H2,1-4H3. The highest BCUT2D eigenvalue weighted by Gasteiger charge is 2.26. The van der Waals surface area contributed by atoms with Crippen LogP contribution in [0.15, 0.2) is 24.3 Å². The molecule has 0 atom stereocenters. The van der Waals surface area contributed by atoms with Gasteiger partial charge in [-0.05, 0) is 42.5 Å². The van der Waals surface area contributed by atoms with Crippen LogP contribution in [0.25, 0.3) is 0 Å². The summed E-state index contributed by atoms with van der Waals surface area (Å²) >= 11 is 3.67. The van der Waals surface area contributed by atoms with Gasteiger partial charge in [0.1, 0.15) is 5.75 Å². The van der Waals surface area contributed by atoms with Gasteiger partial charge in [0.15, 0.2) is 0 Å². The van der Waals surface area contributed by atoms with Crippen molar-refractivity contribution in [2.24, 2.45) is 5.41 Å². The molecular weight excluding hydrogens is 290 g/mol. The highest BCUT2D eigenvalue weighted by molar-refractivity contribution is 9.09. The Kier molecular flexibility index (Phi) is 6.00. The first-order valence-electron chi connectivity index (χ1n) is 6.52. The Balaban J connectivity index is 2.76. The molecule has 1 aromatic carbocycles. The molecule has 0 unspecified atom stereocenters. The van der Waals surface area contributed by atoms with Gasteiger partial charge in [0, 0.05) is 24.6 Å². The summed E-state index contributed by atoms with van der Waals surface area (Å²) in [5, 5.41) is 1.05. The van der Waals surface area contributed by atoms with Gasteiger partial charge in [-0.1, -0.05) is 29.8 Å². The lowest BCUT2D eigenvalue weighted by atomic mass is 9.84. The fourth-order valence-corrected chi connectivity index (χ4v) is 3.11. The van der Waals surface area contributed by atoms with Crippen LogP contribution in [0, 0.1) is 5.41 Å². The topological polar surface area (TPSA) is 12.5 Å². The number of nitrogens with zero attached hydrogens (tertiary/aromatic N) is 1. The Hall–Kier alpha value is -0.700. The number of ether oxygens (including phenoxy) is 1. The second-order valence-corrected chi connectivity index (χ2v) is 5.46. The predicted molar refractivity (Wildman–Crippen MR) is 83.1 cm³/mol. The number of hydrogen-bond donors (Lipinski definition) is 0. The SMILES string of the molecule is CCC(CC)(CBr)CN(C)c1ccc(OC)cc1. The molecule has 1 aromatic rings. The fraction of sp³-hybridized carbons (Fsp3) is 0.600. The molecule has 0 amide bonds. The molecule has 0 saturated heterocycles. The molecule has 3 heteroatoms. The molecule has 102 valence electrons. The average molecular weight is 314 g/mol. The molecule has 0 aromatic heterocycles. The summed E-state index contributed by atoms with van der Waals surface area (Å²) in [6.45, 7) is 5.61. The molecule has 0 spiro atoms. The van der Waals surface area contributed by atoms with Gasteiger partial charge in [-0.2, -0.15) is 0 Å². The minimum Gasteiger partial charge on any atom is -0.497 e. The van der Waals surface area contributed by atoms with Crippen LogP contribution in [-0.2, 0) is 0 Å². The molecule has 18 heavy (non-hydrogen) atoms. The van der Waals surface area contributed by atoms with E-state index in [1.807, 2.05) is 12.1 Å². The second kappa shape index (κ2) is 7.03. The molecule has 1 rings (SSSR count). The fourth-order valence-electron chi connectivity index (χ4n) is 2.14. The van der Waals surface area contributed by atoms with Gasteiger partial charge in [0.25, 0.3) is 0 Å². The molecule has 0 heterocycles. The lowest BCUT2D eigenvalue weighted by Gasteiger charge is -2.35. The summed E-state index contributed by atoms with van der Waals surface area (Å²) < 4.78 is 5.19. The quantitative estimate of drug-likeness (QED) is 0.695. The van der Waals surface area contributed by atoms with Gasteiger partial charge in [-0.3, -0.25) is 0 Å². The van der Waals surface area contributed by atoms with E-state index in [0.717, 1.165) is 17.6 Å². The zero-order valence-electron chi connectivity index (χ0n) is 11.9. The highest BCUT2D eigenvalue weighted by Crippen LogP contribution is 2.31. The summed E-state index contributed by atoms with van der Waals surface area (Å²) in [5.74, 6) is 0.907.